The lowest BCUT2D eigenvalue weighted by Gasteiger charge is -2.16. The molecule has 0 saturated heterocycles. The van der Waals surface area contributed by atoms with Gasteiger partial charge in [-0.1, -0.05) is 25.7 Å². The van der Waals surface area contributed by atoms with Gasteiger partial charge in [-0.2, -0.15) is 0 Å². The molecule has 1 aliphatic rings. The minimum Gasteiger partial charge on any atom is -0.497 e. The predicted octanol–water partition coefficient (Wildman–Crippen LogP) is 4.41. The van der Waals surface area contributed by atoms with Gasteiger partial charge in [-0.25, -0.2) is 0 Å². The minimum absolute atomic E-state index is 0.0827. The number of nitrogens with one attached hydrogen (secondary N) is 2. The first-order valence-electron chi connectivity index (χ1n) is 10.0. The molecule has 1 aliphatic carbocycles. The molecule has 0 unspecified atom stereocenters. The molecule has 1 saturated carbocycles. The van der Waals surface area contributed by atoms with Gasteiger partial charge in [0.15, 0.2) is 0 Å². The summed E-state index contributed by atoms with van der Waals surface area (Å²) in [5, 5.41) is 5.95. The van der Waals surface area contributed by atoms with Gasteiger partial charge < -0.3 is 20.1 Å². The Balaban J connectivity index is 1.63. The van der Waals surface area contributed by atoms with Crippen LogP contribution in [0.3, 0.4) is 0 Å². The van der Waals surface area contributed by atoms with Crippen LogP contribution in [0.2, 0.25) is 0 Å². The fourth-order valence-electron chi connectivity index (χ4n) is 3.56. The summed E-state index contributed by atoms with van der Waals surface area (Å²) in [7, 11) is 3.10. The molecule has 0 aliphatic heterocycles. The molecule has 6 heteroatoms. The van der Waals surface area contributed by atoms with E-state index in [0.29, 0.717) is 28.3 Å². The highest BCUT2D eigenvalue weighted by molar-refractivity contribution is 6.05. The van der Waals surface area contributed by atoms with E-state index in [0.717, 1.165) is 12.8 Å². The lowest BCUT2D eigenvalue weighted by molar-refractivity contribution is 0.0932. The van der Waals surface area contributed by atoms with Crippen molar-refractivity contribution in [2.45, 2.75) is 44.6 Å². The Morgan fingerprint density at radius 3 is 2.03 bits per heavy atom. The van der Waals surface area contributed by atoms with Crippen LogP contribution in [0.5, 0.6) is 11.5 Å². The molecule has 2 aromatic rings. The molecule has 2 amide bonds. The number of hydrogen-bond donors (Lipinski definition) is 2. The number of anilines is 1. The Labute approximate surface area is 171 Å². The summed E-state index contributed by atoms with van der Waals surface area (Å²) in [5.41, 5.74) is 1.58. The van der Waals surface area contributed by atoms with Crippen LogP contribution < -0.4 is 20.1 Å². The summed E-state index contributed by atoms with van der Waals surface area (Å²) in [6, 6.07) is 12.1. The van der Waals surface area contributed by atoms with Crippen molar-refractivity contribution in [3.05, 3.63) is 53.6 Å². The highest BCUT2D eigenvalue weighted by Crippen LogP contribution is 2.29. The lowest BCUT2D eigenvalue weighted by Crippen LogP contribution is -2.34. The number of carbonyl (C=O) groups is 2. The smallest absolute Gasteiger partial charge is 0.255 e. The van der Waals surface area contributed by atoms with Crippen molar-refractivity contribution in [2.24, 2.45) is 0 Å². The van der Waals surface area contributed by atoms with Gasteiger partial charge in [0.25, 0.3) is 11.8 Å². The highest BCUT2D eigenvalue weighted by Gasteiger charge is 2.16. The van der Waals surface area contributed by atoms with E-state index in [9.17, 15) is 9.59 Å². The summed E-state index contributed by atoms with van der Waals surface area (Å²) < 4.78 is 10.5. The third-order valence-electron chi connectivity index (χ3n) is 5.26. The first-order chi connectivity index (χ1) is 14.1. The van der Waals surface area contributed by atoms with Crippen LogP contribution in [0.4, 0.5) is 5.69 Å². The third kappa shape index (κ3) is 5.50. The van der Waals surface area contributed by atoms with E-state index in [2.05, 4.69) is 10.6 Å². The number of benzene rings is 2. The van der Waals surface area contributed by atoms with Crippen LogP contribution in [0.25, 0.3) is 0 Å². The van der Waals surface area contributed by atoms with Crippen LogP contribution in [0, 0.1) is 0 Å². The summed E-state index contributed by atoms with van der Waals surface area (Å²) >= 11 is 0. The number of ether oxygens (including phenoxy) is 2. The molecule has 0 heterocycles. The molecule has 0 aromatic heterocycles. The second-order valence-electron chi connectivity index (χ2n) is 7.26. The molecule has 6 nitrogen and oxygen atoms in total. The molecule has 0 spiro atoms. The normalized spacial score (nSPS) is 14.6. The van der Waals surface area contributed by atoms with Crippen LogP contribution in [0.1, 0.15) is 59.2 Å². The Hall–Kier alpha value is -3.02. The zero-order valence-electron chi connectivity index (χ0n) is 17.0. The molecule has 2 N–H and O–H groups in total. The van der Waals surface area contributed by atoms with E-state index in [1.807, 2.05) is 0 Å². The van der Waals surface area contributed by atoms with Gasteiger partial charge in [-0.05, 0) is 49.2 Å². The fourth-order valence-corrected chi connectivity index (χ4v) is 3.56. The first-order valence-corrected chi connectivity index (χ1v) is 10.0. The van der Waals surface area contributed by atoms with Gasteiger partial charge >= 0.3 is 0 Å². The molecule has 154 valence electrons. The monoisotopic (exact) mass is 396 g/mol. The van der Waals surface area contributed by atoms with Crippen LogP contribution in [-0.4, -0.2) is 32.1 Å². The number of methoxy groups -OCH3 is 2. The molecule has 0 radical (unpaired) electrons. The standard InChI is InChI=1S/C23H28N2O4/c1-28-19-13-14-20(21(15-19)29-2)25-23(27)17-11-9-16(10-12-17)22(26)24-18-7-5-3-4-6-8-18/h9-15,18H,3-8H2,1-2H3,(H,24,26)(H,25,27). The van der Waals surface area contributed by atoms with Crippen molar-refractivity contribution in [3.63, 3.8) is 0 Å². The number of rotatable bonds is 6. The summed E-state index contributed by atoms with van der Waals surface area (Å²) in [4.78, 5) is 25.1. The fraction of sp³-hybridized carbons (Fsp3) is 0.391. The molecule has 0 atom stereocenters. The van der Waals surface area contributed by atoms with Crippen LogP contribution in [-0.2, 0) is 0 Å². The summed E-state index contributed by atoms with van der Waals surface area (Å²) in [6.45, 7) is 0. The Bertz CT molecular complexity index is 840. The Morgan fingerprint density at radius 1 is 0.828 bits per heavy atom. The number of hydrogen-bond acceptors (Lipinski definition) is 4. The summed E-state index contributed by atoms with van der Waals surface area (Å²) in [5.74, 6) is 0.797. The number of carbonyl (C=O) groups excluding carboxylic acids is 2. The third-order valence-corrected chi connectivity index (χ3v) is 5.26. The van der Waals surface area contributed by atoms with Gasteiger partial charge in [-0.3, -0.25) is 9.59 Å². The van der Waals surface area contributed by atoms with E-state index >= 15 is 0 Å². The second kappa shape index (κ2) is 9.96. The van der Waals surface area contributed by atoms with Crippen molar-refractivity contribution < 1.29 is 19.1 Å². The number of amides is 2. The van der Waals surface area contributed by atoms with Gasteiger partial charge in [-0.15, -0.1) is 0 Å². The molecule has 0 bridgehead atoms. The van der Waals surface area contributed by atoms with E-state index in [1.165, 1.54) is 32.8 Å². The summed E-state index contributed by atoms with van der Waals surface area (Å²) in [6.07, 6.45) is 6.90. The second-order valence-corrected chi connectivity index (χ2v) is 7.26. The predicted molar refractivity (Wildman–Crippen MR) is 113 cm³/mol. The Morgan fingerprint density at radius 2 is 1.45 bits per heavy atom. The van der Waals surface area contributed by atoms with Crippen molar-refractivity contribution in [2.75, 3.05) is 19.5 Å². The average Bonchev–Trinajstić information content (AvgIpc) is 3.02. The zero-order valence-corrected chi connectivity index (χ0v) is 17.0. The maximum Gasteiger partial charge on any atom is 0.255 e. The first kappa shape index (κ1) is 20.7. The zero-order chi connectivity index (χ0) is 20.6. The maximum atomic E-state index is 12.6. The van der Waals surface area contributed by atoms with Crippen molar-refractivity contribution in [3.8, 4) is 11.5 Å². The van der Waals surface area contributed by atoms with Crippen molar-refractivity contribution in [1.82, 2.24) is 5.32 Å². The molecular formula is C23H28N2O4. The highest BCUT2D eigenvalue weighted by atomic mass is 16.5. The van der Waals surface area contributed by atoms with E-state index in [1.54, 1.807) is 49.6 Å². The molecule has 29 heavy (non-hydrogen) atoms. The minimum atomic E-state index is -0.274. The maximum absolute atomic E-state index is 12.6. The van der Waals surface area contributed by atoms with Gasteiger partial charge in [0.1, 0.15) is 11.5 Å². The largest absolute Gasteiger partial charge is 0.497 e. The van der Waals surface area contributed by atoms with E-state index < -0.39 is 0 Å². The van der Waals surface area contributed by atoms with Crippen LogP contribution >= 0.6 is 0 Å². The van der Waals surface area contributed by atoms with Gasteiger partial charge in [0.2, 0.25) is 0 Å². The molecule has 1 fully saturated rings. The van der Waals surface area contributed by atoms with E-state index in [-0.39, 0.29) is 17.9 Å². The van der Waals surface area contributed by atoms with E-state index in [4.69, 9.17) is 9.47 Å². The molecule has 3 rings (SSSR count). The van der Waals surface area contributed by atoms with Crippen molar-refractivity contribution in [1.29, 1.82) is 0 Å². The van der Waals surface area contributed by atoms with Gasteiger partial charge in [0.05, 0.1) is 19.9 Å². The topological polar surface area (TPSA) is 76.7 Å². The van der Waals surface area contributed by atoms with Crippen molar-refractivity contribution >= 4 is 17.5 Å². The molecular weight excluding hydrogens is 368 g/mol. The molecule has 2 aromatic carbocycles. The Kier molecular flexibility index (Phi) is 7.11. The van der Waals surface area contributed by atoms with Gasteiger partial charge in [0, 0.05) is 23.2 Å². The average molecular weight is 396 g/mol. The van der Waals surface area contributed by atoms with Crippen LogP contribution in [0.15, 0.2) is 42.5 Å². The lowest BCUT2D eigenvalue weighted by atomic mass is 10.1. The quantitative estimate of drug-likeness (QED) is 0.709. The SMILES string of the molecule is COc1ccc(NC(=O)c2ccc(C(=O)NC3CCCCCC3)cc2)c(OC)c1.